The minimum absolute atomic E-state index is 0. The maximum Gasteiger partial charge on any atom is 0.124 e. The fraction of sp³-hybridized carbons (Fsp3) is 0.333. The molecule has 126 valence electrons. The zero-order valence-electron chi connectivity index (χ0n) is 13.0. The average Bonchev–Trinajstić information content (AvgIpc) is 2.55. The smallest absolute Gasteiger partial charge is 0.124 e. The molecule has 0 atom stereocenters. The highest BCUT2D eigenvalue weighted by Crippen LogP contribution is 2.19. The van der Waals surface area contributed by atoms with E-state index in [-0.39, 0.29) is 24.8 Å². The fourth-order valence-corrected chi connectivity index (χ4v) is 2.12. The highest BCUT2D eigenvalue weighted by Gasteiger charge is 2.03. The summed E-state index contributed by atoms with van der Waals surface area (Å²) in [5.74, 6) is 0.595. The van der Waals surface area contributed by atoms with E-state index in [1.54, 1.807) is 12.1 Å². The zero-order valence-corrected chi connectivity index (χ0v) is 13.8. The van der Waals surface area contributed by atoms with Crippen LogP contribution >= 0.6 is 12.4 Å². The van der Waals surface area contributed by atoms with Crippen molar-refractivity contribution in [2.45, 2.75) is 26.0 Å². The first-order chi connectivity index (χ1) is 10.8. The molecule has 0 aliphatic heterocycles. The monoisotopic (exact) mass is 339 g/mol. The van der Waals surface area contributed by atoms with Gasteiger partial charge in [-0.25, -0.2) is 4.39 Å². The lowest BCUT2D eigenvalue weighted by molar-refractivity contribution is 0.283. The van der Waals surface area contributed by atoms with Gasteiger partial charge in [0.05, 0.1) is 0 Å². The lowest BCUT2D eigenvalue weighted by Crippen LogP contribution is -2.15. The van der Waals surface area contributed by atoms with E-state index >= 15 is 0 Å². The van der Waals surface area contributed by atoms with Crippen LogP contribution in [0.15, 0.2) is 48.5 Å². The van der Waals surface area contributed by atoms with Crippen LogP contribution in [0.3, 0.4) is 0 Å². The molecule has 0 radical (unpaired) electrons. The highest BCUT2D eigenvalue weighted by atomic mass is 35.5. The lowest BCUT2D eigenvalue weighted by Gasteiger charge is -2.12. The van der Waals surface area contributed by atoms with Crippen molar-refractivity contribution in [3.05, 3.63) is 65.5 Å². The Kier molecular flexibility index (Phi) is 9.29. The van der Waals surface area contributed by atoms with Crippen molar-refractivity contribution in [1.82, 2.24) is 5.32 Å². The van der Waals surface area contributed by atoms with Gasteiger partial charge in [0.1, 0.15) is 18.2 Å². The van der Waals surface area contributed by atoms with Crippen molar-refractivity contribution in [2.24, 2.45) is 0 Å². The van der Waals surface area contributed by atoms with Gasteiger partial charge in [-0.3, -0.25) is 0 Å². The Labute approximate surface area is 142 Å². The van der Waals surface area contributed by atoms with Crippen LogP contribution in [0.2, 0.25) is 0 Å². The molecule has 0 unspecified atom stereocenters. The molecule has 0 aromatic heterocycles. The molecule has 2 rings (SSSR count). The molecule has 23 heavy (non-hydrogen) atoms. The van der Waals surface area contributed by atoms with Crippen molar-refractivity contribution in [2.75, 3.05) is 13.2 Å². The van der Waals surface area contributed by atoms with Gasteiger partial charge in [0.25, 0.3) is 0 Å². The number of hydrogen-bond acceptors (Lipinski definition) is 3. The number of hydrogen-bond donors (Lipinski definition) is 2. The second kappa shape index (κ2) is 11.0. The molecule has 0 heterocycles. The number of nitrogens with one attached hydrogen (secondary N) is 1. The van der Waals surface area contributed by atoms with Crippen LogP contribution in [0.4, 0.5) is 4.39 Å². The first-order valence-electron chi connectivity index (χ1n) is 7.56. The molecule has 0 amide bonds. The predicted octanol–water partition coefficient (Wildman–Crippen LogP) is 3.69. The van der Waals surface area contributed by atoms with Crippen LogP contribution in [0.25, 0.3) is 0 Å². The summed E-state index contributed by atoms with van der Waals surface area (Å²) in [4.78, 5) is 0. The lowest BCUT2D eigenvalue weighted by atomic mass is 10.2. The van der Waals surface area contributed by atoms with Crippen molar-refractivity contribution < 1.29 is 14.2 Å². The molecule has 0 saturated heterocycles. The van der Waals surface area contributed by atoms with Crippen LogP contribution in [0, 0.1) is 5.82 Å². The van der Waals surface area contributed by atoms with Crippen molar-refractivity contribution in [3.63, 3.8) is 0 Å². The van der Waals surface area contributed by atoms with E-state index in [9.17, 15) is 4.39 Å². The SMILES string of the molecule is Cl.OCCCCNCc1ccccc1OCc1ccc(F)cc1. The number of ether oxygens (including phenoxy) is 1. The van der Waals surface area contributed by atoms with E-state index in [0.29, 0.717) is 6.61 Å². The largest absolute Gasteiger partial charge is 0.489 e. The zero-order chi connectivity index (χ0) is 15.6. The summed E-state index contributed by atoms with van der Waals surface area (Å²) in [6, 6.07) is 14.2. The molecule has 0 spiro atoms. The molecule has 0 fully saturated rings. The van der Waals surface area contributed by atoms with Crippen LogP contribution in [-0.4, -0.2) is 18.3 Å². The fourth-order valence-electron chi connectivity index (χ4n) is 2.12. The van der Waals surface area contributed by atoms with Crippen molar-refractivity contribution in [1.29, 1.82) is 0 Å². The van der Waals surface area contributed by atoms with E-state index in [1.807, 2.05) is 24.3 Å². The Morgan fingerprint density at radius 3 is 2.48 bits per heavy atom. The number of aliphatic hydroxyl groups is 1. The van der Waals surface area contributed by atoms with Crippen LogP contribution in [0.5, 0.6) is 5.75 Å². The summed E-state index contributed by atoms with van der Waals surface area (Å²) in [7, 11) is 0. The minimum atomic E-state index is -0.240. The van der Waals surface area contributed by atoms with E-state index in [1.165, 1.54) is 12.1 Å². The number of halogens is 2. The summed E-state index contributed by atoms with van der Waals surface area (Å²) in [5, 5.41) is 12.1. The number of unbranched alkanes of at least 4 members (excludes halogenated alkanes) is 1. The van der Waals surface area contributed by atoms with Crippen LogP contribution in [-0.2, 0) is 13.2 Å². The summed E-state index contributed by atoms with van der Waals surface area (Å²) in [6.07, 6.45) is 1.77. The van der Waals surface area contributed by atoms with Gasteiger partial charge in [-0.15, -0.1) is 12.4 Å². The van der Waals surface area contributed by atoms with Gasteiger partial charge in [-0.2, -0.15) is 0 Å². The molecule has 0 saturated carbocycles. The quantitative estimate of drug-likeness (QED) is 0.685. The number of rotatable bonds is 9. The maximum absolute atomic E-state index is 12.9. The van der Waals surface area contributed by atoms with E-state index in [4.69, 9.17) is 9.84 Å². The Morgan fingerprint density at radius 1 is 1.00 bits per heavy atom. The Bertz CT molecular complexity index is 563. The second-order valence-corrected chi connectivity index (χ2v) is 5.13. The third-order valence-corrected chi connectivity index (χ3v) is 3.36. The third-order valence-electron chi connectivity index (χ3n) is 3.36. The normalized spacial score (nSPS) is 10.2. The van der Waals surface area contributed by atoms with Gasteiger partial charge < -0.3 is 15.2 Å². The number of para-hydroxylation sites is 1. The molecule has 5 heteroatoms. The molecule has 0 aliphatic rings. The Morgan fingerprint density at radius 2 is 1.74 bits per heavy atom. The molecule has 2 N–H and O–H groups in total. The second-order valence-electron chi connectivity index (χ2n) is 5.13. The maximum atomic E-state index is 12.9. The van der Waals surface area contributed by atoms with Gasteiger partial charge in [0, 0.05) is 18.7 Å². The van der Waals surface area contributed by atoms with Gasteiger partial charge in [-0.05, 0) is 43.1 Å². The van der Waals surface area contributed by atoms with Crippen LogP contribution in [0.1, 0.15) is 24.0 Å². The van der Waals surface area contributed by atoms with E-state index in [2.05, 4.69) is 5.32 Å². The standard InChI is InChI=1S/C18H22FNO2.ClH/c19-17-9-7-15(8-10-17)14-22-18-6-2-1-5-16(18)13-20-11-3-4-12-21;/h1-2,5-10,20-21H,3-4,11-14H2;1H. The predicted molar refractivity (Wildman–Crippen MR) is 92.4 cm³/mol. The first kappa shape index (κ1) is 19.4. The van der Waals surface area contributed by atoms with Gasteiger partial charge in [0.2, 0.25) is 0 Å². The van der Waals surface area contributed by atoms with E-state index < -0.39 is 0 Å². The van der Waals surface area contributed by atoms with Gasteiger partial charge in [0.15, 0.2) is 0 Å². The van der Waals surface area contributed by atoms with Crippen molar-refractivity contribution in [3.8, 4) is 5.75 Å². The summed E-state index contributed by atoms with van der Waals surface area (Å²) >= 11 is 0. The van der Waals surface area contributed by atoms with Gasteiger partial charge >= 0.3 is 0 Å². The number of aliphatic hydroxyl groups excluding tert-OH is 1. The van der Waals surface area contributed by atoms with Crippen molar-refractivity contribution >= 4 is 12.4 Å². The summed E-state index contributed by atoms with van der Waals surface area (Å²) in [6.45, 7) is 2.25. The third kappa shape index (κ3) is 6.99. The van der Waals surface area contributed by atoms with Gasteiger partial charge in [-0.1, -0.05) is 30.3 Å². The average molecular weight is 340 g/mol. The molecule has 2 aromatic carbocycles. The molecule has 3 nitrogen and oxygen atoms in total. The summed E-state index contributed by atoms with van der Waals surface area (Å²) < 4.78 is 18.7. The van der Waals surface area contributed by atoms with Crippen LogP contribution < -0.4 is 10.1 Å². The highest BCUT2D eigenvalue weighted by molar-refractivity contribution is 5.85. The molecular formula is C18H23ClFNO2. The first-order valence-corrected chi connectivity index (χ1v) is 7.56. The molecule has 0 bridgehead atoms. The Balaban J connectivity index is 0.00000264. The molecule has 0 aliphatic carbocycles. The molecular weight excluding hydrogens is 317 g/mol. The topological polar surface area (TPSA) is 41.5 Å². The minimum Gasteiger partial charge on any atom is -0.489 e. The molecule has 2 aromatic rings. The summed E-state index contributed by atoms with van der Waals surface area (Å²) in [5.41, 5.74) is 2.03. The van der Waals surface area contributed by atoms with E-state index in [0.717, 1.165) is 42.8 Å². The Hall–Kier alpha value is -1.62. The number of benzene rings is 2.